The highest BCUT2D eigenvalue weighted by Crippen LogP contribution is 2.18. The fraction of sp³-hybridized carbons (Fsp3) is 0.933. The Morgan fingerprint density at radius 2 is 2.00 bits per heavy atom. The Morgan fingerprint density at radius 1 is 1.37 bits per heavy atom. The van der Waals surface area contributed by atoms with Crippen molar-refractivity contribution in [3.05, 3.63) is 0 Å². The van der Waals surface area contributed by atoms with E-state index >= 15 is 0 Å². The Bertz CT molecular complexity index is 263. The first-order valence-electron chi connectivity index (χ1n) is 7.54. The van der Waals surface area contributed by atoms with E-state index in [-0.39, 0.29) is 5.91 Å². The van der Waals surface area contributed by atoms with Crippen LogP contribution in [0.2, 0.25) is 0 Å². The molecule has 0 spiro atoms. The maximum absolute atomic E-state index is 12.2. The van der Waals surface area contributed by atoms with Crippen molar-refractivity contribution >= 4 is 5.91 Å². The summed E-state index contributed by atoms with van der Waals surface area (Å²) >= 11 is 0. The Kier molecular flexibility index (Phi) is 7.39. The van der Waals surface area contributed by atoms with Crippen molar-refractivity contribution in [2.75, 3.05) is 33.4 Å². The van der Waals surface area contributed by atoms with E-state index < -0.39 is 0 Å². The first-order chi connectivity index (χ1) is 9.02. The molecule has 0 saturated carbocycles. The van der Waals surface area contributed by atoms with Gasteiger partial charge in [-0.25, -0.2) is 0 Å². The van der Waals surface area contributed by atoms with Crippen molar-refractivity contribution in [2.45, 2.75) is 39.5 Å². The molecule has 1 aliphatic heterocycles. The predicted octanol–water partition coefficient (Wildman–Crippen LogP) is 1.88. The smallest absolute Gasteiger partial charge is 0.222 e. The SMILES string of the molecule is CC(C)C[C@H](CN)CC(=O)N(C)CC1CCOCC1. The molecule has 1 heterocycles. The molecule has 1 amide bonds. The molecule has 0 aromatic rings. The van der Waals surface area contributed by atoms with Gasteiger partial charge in [-0.2, -0.15) is 0 Å². The monoisotopic (exact) mass is 270 g/mol. The normalized spacial score (nSPS) is 18.6. The van der Waals surface area contributed by atoms with Gasteiger partial charge in [0, 0.05) is 33.2 Å². The van der Waals surface area contributed by atoms with Crippen LogP contribution >= 0.6 is 0 Å². The molecule has 1 fully saturated rings. The van der Waals surface area contributed by atoms with E-state index in [0.717, 1.165) is 39.0 Å². The number of nitrogens with two attached hydrogens (primary N) is 1. The lowest BCUT2D eigenvalue weighted by atomic mass is 9.93. The van der Waals surface area contributed by atoms with Gasteiger partial charge >= 0.3 is 0 Å². The third-order valence-electron chi connectivity index (χ3n) is 3.90. The summed E-state index contributed by atoms with van der Waals surface area (Å²) in [5, 5.41) is 0. The van der Waals surface area contributed by atoms with E-state index in [2.05, 4.69) is 13.8 Å². The van der Waals surface area contributed by atoms with Crippen LogP contribution in [0.4, 0.5) is 0 Å². The lowest BCUT2D eigenvalue weighted by Crippen LogP contribution is -2.36. The molecule has 1 rings (SSSR count). The average Bonchev–Trinajstić information content (AvgIpc) is 2.38. The number of rotatable bonds is 7. The van der Waals surface area contributed by atoms with Crippen molar-refractivity contribution in [1.82, 2.24) is 4.90 Å². The fourth-order valence-corrected chi connectivity index (χ4v) is 2.75. The minimum atomic E-state index is 0.239. The summed E-state index contributed by atoms with van der Waals surface area (Å²) in [5.41, 5.74) is 5.77. The van der Waals surface area contributed by atoms with Crippen molar-refractivity contribution in [3.8, 4) is 0 Å². The van der Waals surface area contributed by atoms with Gasteiger partial charge in [0.05, 0.1) is 0 Å². The Labute approximate surface area is 117 Å². The van der Waals surface area contributed by atoms with Crippen LogP contribution in [0.5, 0.6) is 0 Å². The Hall–Kier alpha value is -0.610. The van der Waals surface area contributed by atoms with E-state index in [1.54, 1.807) is 0 Å². The van der Waals surface area contributed by atoms with Crippen LogP contribution in [-0.4, -0.2) is 44.2 Å². The summed E-state index contributed by atoms with van der Waals surface area (Å²) in [7, 11) is 1.92. The molecule has 0 radical (unpaired) electrons. The standard InChI is InChI=1S/C15H30N2O2/c1-12(2)8-14(10-16)9-15(18)17(3)11-13-4-6-19-7-5-13/h12-14H,4-11,16H2,1-3H3/t14-/m0/s1. The molecule has 0 aliphatic carbocycles. The van der Waals surface area contributed by atoms with E-state index in [1.165, 1.54) is 0 Å². The first kappa shape index (κ1) is 16.4. The number of carbonyl (C=O) groups excluding carboxylic acids is 1. The Morgan fingerprint density at radius 3 is 2.53 bits per heavy atom. The van der Waals surface area contributed by atoms with Gasteiger partial charge in [0.15, 0.2) is 0 Å². The summed E-state index contributed by atoms with van der Waals surface area (Å²) in [5.74, 6) is 1.76. The minimum Gasteiger partial charge on any atom is -0.381 e. The molecule has 4 nitrogen and oxygen atoms in total. The quantitative estimate of drug-likeness (QED) is 0.768. The fourth-order valence-electron chi connectivity index (χ4n) is 2.75. The van der Waals surface area contributed by atoms with Crippen molar-refractivity contribution in [2.24, 2.45) is 23.5 Å². The number of nitrogens with zero attached hydrogens (tertiary/aromatic N) is 1. The number of amides is 1. The van der Waals surface area contributed by atoms with E-state index in [4.69, 9.17) is 10.5 Å². The molecular weight excluding hydrogens is 240 g/mol. The van der Waals surface area contributed by atoms with Gasteiger partial charge in [-0.05, 0) is 43.6 Å². The molecule has 0 aromatic carbocycles. The third kappa shape index (κ3) is 6.39. The zero-order chi connectivity index (χ0) is 14.3. The lowest BCUT2D eigenvalue weighted by Gasteiger charge is -2.28. The van der Waals surface area contributed by atoms with Crippen LogP contribution in [0, 0.1) is 17.8 Å². The second-order valence-electron chi connectivity index (χ2n) is 6.27. The molecule has 112 valence electrons. The summed E-state index contributed by atoms with van der Waals surface area (Å²) in [6.45, 7) is 7.50. The van der Waals surface area contributed by atoms with Crippen molar-refractivity contribution in [1.29, 1.82) is 0 Å². The van der Waals surface area contributed by atoms with E-state index in [9.17, 15) is 4.79 Å². The maximum Gasteiger partial charge on any atom is 0.222 e. The van der Waals surface area contributed by atoms with Crippen LogP contribution in [0.3, 0.4) is 0 Å². The van der Waals surface area contributed by atoms with Gasteiger partial charge in [0.1, 0.15) is 0 Å². The third-order valence-corrected chi connectivity index (χ3v) is 3.90. The molecule has 0 bridgehead atoms. The second kappa shape index (κ2) is 8.54. The molecule has 1 saturated heterocycles. The summed E-state index contributed by atoms with van der Waals surface area (Å²) in [4.78, 5) is 14.1. The van der Waals surface area contributed by atoms with Crippen molar-refractivity contribution < 1.29 is 9.53 Å². The molecule has 19 heavy (non-hydrogen) atoms. The van der Waals surface area contributed by atoms with Gasteiger partial charge in [-0.3, -0.25) is 4.79 Å². The second-order valence-corrected chi connectivity index (χ2v) is 6.27. The predicted molar refractivity (Wildman–Crippen MR) is 77.8 cm³/mol. The van der Waals surface area contributed by atoms with Crippen LogP contribution in [-0.2, 0) is 9.53 Å². The molecule has 4 heteroatoms. The highest BCUT2D eigenvalue weighted by atomic mass is 16.5. The molecule has 2 N–H and O–H groups in total. The summed E-state index contributed by atoms with van der Waals surface area (Å²) < 4.78 is 5.35. The van der Waals surface area contributed by atoms with Crippen LogP contribution in [0.15, 0.2) is 0 Å². The maximum atomic E-state index is 12.2. The summed E-state index contributed by atoms with van der Waals surface area (Å²) in [6.07, 6.45) is 3.77. The molecule has 0 unspecified atom stereocenters. The Balaban J connectivity index is 2.33. The molecule has 1 aliphatic rings. The van der Waals surface area contributed by atoms with Gasteiger partial charge in [0.25, 0.3) is 0 Å². The number of hydrogen-bond donors (Lipinski definition) is 1. The zero-order valence-corrected chi connectivity index (χ0v) is 12.7. The number of carbonyl (C=O) groups is 1. The van der Waals surface area contributed by atoms with Gasteiger partial charge in [-0.15, -0.1) is 0 Å². The van der Waals surface area contributed by atoms with Crippen molar-refractivity contribution in [3.63, 3.8) is 0 Å². The lowest BCUT2D eigenvalue weighted by molar-refractivity contribution is -0.132. The summed E-state index contributed by atoms with van der Waals surface area (Å²) in [6, 6.07) is 0. The topological polar surface area (TPSA) is 55.6 Å². The molecular formula is C15H30N2O2. The van der Waals surface area contributed by atoms with Gasteiger partial charge < -0.3 is 15.4 Å². The highest BCUT2D eigenvalue weighted by molar-refractivity contribution is 5.76. The van der Waals surface area contributed by atoms with Crippen LogP contribution < -0.4 is 5.73 Å². The van der Waals surface area contributed by atoms with Crippen LogP contribution in [0.25, 0.3) is 0 Å². The van der Waals surface area contributed by atoms with Gasteiger partial charge in [-0.1, -0.05) is 13.8 Å². The van der Waals surface area contributed by atoms with E-state index in [0.29, 0.717) is 30.7 Å². The first-order valence-corrected chi connectivity index (χ1v) is 7.54. The van der Waals surface area contributed by atoms with E-state index in [1.807, 2.05) is 11.9 Å². The minimum absolute atomic E-state index is 0.239. The van der Waals surface area contributed by atoms with Crippen LogP contribution in [0.1, 0.15) is 39.5 Å². The highest BCUT2D eigenvalue weighted by Gasteiger charge is 2.21. The zero-order valence-electron chi connectivity index (χ0n) is 12.7. The molecule has 1 atom stereocenters. The number of hydrogen-bond acceptors (Lipinski definition) is 3. The van der Waals surface area contributed by atoms with Gasteiger partial charge in [0.2, 0.25) is 5.91 Å². The largest absolute Gasteiger partial charge is 0.381 e. The number of ether oxygens (including phenoxy) is 1. The molecule has 0 aromatic heterocycles. The average molecular weight is 270 g/mol.